The van der Waals surface area contributed by atoms with Gasteiger partial charge in [-0.3, -0.25) is 13.9 Å². The van der Waals surface area contributed by atoms with Gasteiger partial charge in [0.15, 0.2) is 11.2 Å². The van der Waals surface area contributed by atoms with Crippen molar-refractivity contribution in [2.45, 2.75) is 45.8 Å². The molecule has 4 rings (SSSR count). The first kappa shape index (κ1) is 23.5. The number of anilines is 1. The Morgan fingerprint density at radius 3 is 2.62 bits per heavy atom. The Hall–Kier alpha value is -3.66. The third kappa shape index (κ3) is 4.41. The molecule has 0 amide bonds. The molecule has 0 aliphatic carbocycles. The van der Waals surface area contributed by atoms with Crippen molar-refractivity contribution in [2.75, 3.05) is 18.0 Å². The smallest absolute Gasteiger partial charge is 0.332 e. The van der Waals surface area contributed by atoms with Gasteiger partial charge in [-0.25, -0.2) is 4.79 Å². The molecule has 3 N–H and O–H groups in total. The maximum absolute atomic E-state index is 13.7. The number of hydrogen-bond acceptors (Lipinski definition) is 7. The molecular formula is C24H31N7O3. The lowest BCUT2D eigenvalue weighted by Crippen LogP contribution is -2.44. The van der Waals surface area contributed by atoms with Crippen molar-refractivity contribution in [3.8, 4) is 0 Å². The zero-order chi connectivity index (χ0) is 24.4. The summed E-state index contributed by atoms with van der Waals surface area (Å²) in [5.41, 5.74) is 7.82. The Morgan fingerprint density at radius 1 is 1.24 bits per heavy atom. The average molecular weight is 466 g/mol. The summed E-state index contributed by atoms with van der Waals surface area (Å²) in [7, 11) is 1.60. The van der Waals surface area contributed by atoms with Crippen LogP contribution in [0.5, 0.6) is 0 Å². The lowest BCUT2D eigenvalue weighted by molar-refractivity contribution is 0.317. The van der Waals surface area contributed by atoms with Gasteiger partial charge >= 0.3 is 5.69 Å². The van der Waals surface area contributed by atoms with Gasteiger partial charge in [0.2, 0.25) is 5.95 Å². The molecule has 2 aromatic heterocycles. The van der Waals surface area contributed by atoms with Crippen molar-refractivity contribution in [1.29, 1.82) is 0 Å². The van der Waals surface area contributed by atoms with Gasteiger partial charge in [0.25, 0.3) is 5.56 Å². The van der Waals surface area contributed by atoms with E-state index in [1.165, 1.54) is 4.57 Å². The first-order valence-corrected chi connectivity index (χ1v) is 11.4. The predicted octanol–water partition coefficient (Wildman–Crippen LogP) is 1.67. The summed E-state index contributed by atoms with van der Waals surface area (Å²) in [6.07, 6.45) is 3.90. The van der Waals surface area contributed by atoms with Crippen LogP contribution in [0, 0.1) is 0 Å². The maximum atomic E-state index is 13.7. The van der Waals surface area contributed by atoms with Crippen LogP contribution in [0.3, 0.4) is 0 Å². The Kier molecular flexibility index (Phi) is 6.69. The number of aryl methyl sites for hydroxylation is 1. The Bertz CT molecular complexity index is 1360. The molecule has 34 heavy (non-hydrogen) atoms. The number of imidazole rings is 1. The van der Waals surface area contributed by atoms with Crippen LogP contribution in [0.25, 0.3) is 11.2 Å². The van der Waals surface area contributed by atoms with Gasteiger partial charge in [0.05, 0.1) is 6.54 Å². The highest BCUT2D eigenvalue weighted by atomic mass is 16.4. The highest BCUT2D eigenvalue weighted by molar-refractivity contribution is 6.00. The molecule has 1 fully saturated rings. The molecule has 3 heterocycles. The largest absolute Gasteiger partial charge is 0.411 e. The minimum absolute atomic E-state index is 0.0279. The minimum atomic E-state index is -0.525. The topological polar surface area (TPSA) is 124 Å². The summed E-state index contributed by atoms with van der Waals surface area (Å²) in [4.78, 5) is 33.7. The number of oxime groups is 1. The third-order valence-electron chi connectivity index (χ3n) is 6.17. The van der Waals surface area contributed by atoms with Gasteiger partial charge in [-0.05, 0) is 26.7 Å². The van der Waals surface area contributed by atoms with E-state index in [4.69, 9.17) is 10.7 Å². The maximum Gasteiger partial charge on any atom is 0.332 e. The van der Waals surface area contributed by atoms with Crippen molar-refractivity contribution < 1.29 is 5.21 Å². The van der Waals surface area contributed by atoms with Gasteiger partial charge in [0.1, 0.15) is 5.71 Å². The molecule has 10 nitrogen and oxygen atoms in total. The number of rotatable bonds is 6. The molecule has 1 aromatic carbocycles. The second kappa shape index (κ2) is 9.68. The van der Waals surface area contributed by atoms with Crippen molar-refractivity contribution >= 4 is 22.8 Å². The van der Waals surface area contributed by atoms with E-state index in [9.17, 15) is 14.8 Å². The Labute approximate surface area is 197 Å². The van der Waals surface area contributed by atoms with Crippen molar-refractivity contribution in [2.24, 2.45) is 17.9 Å². The van der Waals surface area contributed by atoms with E-state index in [0.717, 1.165) is 29.5 Å². The van der Waals surface area contributed by atoms with Crippen LogP contribution in [0.2, 0.25) is 0 Å². The van der Waals surface area contributed by atoms with Crippen LogP contribution >= 0.6 is 0 Å². The number of piperidine rings is 1. The van der Waals surface area contributed by atoms with E-state index in [-0.39, 0.29) is 18.3 Å². The second-order valence-electron chi connectivity index (χ2n) is 8.97. The van der Waals surface area contributed by atoms with E-state index in [1.54, 1.807) is 31.3 Å². The molecule has 1 saturated heterocycles. The SMILES string of the molecule is CC(C)=CCn1c(N2CCCC(N)C2)nc2c1c(=O)n(CC(=NO)c1ccccc1)c(=O)n2C. The number of nitrogens with two attached hydrogens (primary N) is 1. The molecule has 0 radical (unpaired) electrons. The van der Waals surface area contributed by atoms with E-state index in [0.29, 0.717) is 35.8 Å². The molecule has 10 heteroatoms. The Morgan fingerprint density at radius 2 is 1.97 bits per heavy atom. The van der Waals surface area contributed by atoms with Gasteiger partial charge in [-0.2, -0.15) is 4.98 Å². The molecule has 1 atom stereocenters. The number of hydrogen-bond donors (Lipinski definition) is 2. The highest BCUT2D eigenvalue weighted by Crippen LogP contribution is 2.23. The number of nitrogens with zero attached hydrogens (tertiary/aromatic N) is 6. The first-order valence-electron chi connectivity index (χ1n) is 11.4. The van der Waals surface area contributed by atoms with Gasteiger partial charge in [-0.15, -0.1) is 0 Å². The average Bonchev–Trinajstić information content (AvgIpc) is 3.22. The van der Waals surface area contributed by atoms with Crippen LogP contribution in [0.1, 0.15) is 32.3 Å². The van der Waals surface area contributed by atoms with E-state index < -0.39 is 11.2 Å². The highest BCUT2D eigenvalue weighted by Gasteiger charge is 2.26. The third-order valence-corrected chi connectivity index (χ3v) is 6.17. The second-order valence-corrected chi connectivity index (χ2v) is 8.97. The molecular weight excluding hydrogens is 434 g/mol. The monoisotopic (exact) mass is 465 g/mol. The van der Waals surface area contributed by atoms with Crippen molar-refractivity contribution in [3.05, 3.63) is 68.4 Å². The zero-order valence-electron chi connectivity index (χ0n) is 19.8. The summed E-state index contributed by atoms with van der Waals surface area (Å²) in [6, 6.07) is 8.99. The van der Waals surface area contributed by atoms with E-state index in [1.807, 2.05) is 30.6 Å². The molecule has 180 valence electrons. The van der Waals surface area contributed by atoms with Crippen molar-refractivity contribution in [3.63, 3.8) is 0 Å². The summed E-state index contributed by atoms with van der Waals surface area (Å²) >= 11 is 0. The Balaban J connectivity index is 1.91. The molecule has 3 aromatic rings. The number of fused-ring (bicyclic) bond motifs is 1. The first-order chi connectivity index (χ1) is 16.3. The standard InChI is InChI=1S/C24H31N7O3/c1-16(2)11-13-30-20-21(26-23(30)29-12-7-10-18(25)14-29)28(3)24(33)31(22(20)32)15-19(27-34)17-8-5-4-6-9-17/h4-6,8-9,11,18,34H,7,10,12-15,25H2,1-3H3. The normalized spacial score (nSPS) is 16.8. The molecule has 1 unspecified atom stereocenters. The number of benzene rings is 1. The van der Waals surface area contributed by atoms with Crippen LogP contribution in [0.4, 0.5) is 5.95 Å². The lowest BCUT2D eigenvalue weighted by atomic mass is 10.1. The quantitative estimate of drug-likeness (QED) is 0.247. The fourth-order valence-electron chi connectivity index (χ4n) is 4.34. The molecule has 0 spiro atoms. The van der Waals surface area contributed by atoms with Crippen LogP contribution in [-0.2, 0) is 20.1 Å². The van der Waals surface area contributed by atoms with E-state index in [2.05, 4.69) is 10.1 Å². The number of aromatic nitrogens is 4. The molecule has 0 saturated carbocycles. The fraction of sp³-hybridized carbons (Fsp3) is 0.417. The van der Waals surface area contributed by atoms with Crippen LogP contribution in [-0.4, -0.2) is 48.7 Å². The summed E-state index contributed by atoms with van der Waals surface area (Å²) in [5, 5.41) is 13.0. The summed E-state index contributed by atoms with van der Waals surface area (Å²) in [6.45, 7) is 5.67. The predicted molar refractivity (Wildman–Crippen MR) is 133 cm³/mol. The molecule has 1 aliphatic heterocycles. The van der Waals surface area contributed by atoms with E-state index >= 15 is 0 Å². The van der Waals surface area contributed by atoms with Crippen LogP contribution < -0.4 is 21.9 Å². The van der Waals surface area contributed by atoms with Gasteiger partial charge in [-0.1, -0.05) is 47.1 Å². The van der Waals surface area contributed by atoms with Gasteiger partial charge in [0, 0.05) is 38.3 Å². The van der Waals surface area contributed by atoms with Crippen LogP contribution in [0.15, 0.2) is 56.7 Å². The summed E-state index contributed by atoms with van der Waals surface area (Å²) in [5.74, 6) is 0.631. The van der Waals surface area contributed by atoms with Gasteiger partial charge < -0.3 is 20.4 Å². The fourth-order valence-corrected chi connectivity index (χ4v) is 4.34. The zero-order valence-corrected chi connectivity index (χ0v) is 19.8. The van der Waals surface area contributed by atoms with Crippen molar-refractivity contribution in [1.82, 2.24) is 18.7 Å². The molecule has 1 aliphatic rings. The lowest BCUT2D eigenvalue weighted by Gasteiger charge is -2.31. The number of allylic oxidation sites excluding steroid dienone is 2. The summed E-state index contributed by atoms with van der Waals surface area (Å²) < 4.78 is 4.33. The minimum Gasteiger partial charge on any atom is -0.411 e. The molecule has 0 bridgehead atoms.